The van der Waals surface area contributed by atoms with Crippen molar-refractivity contribution in [2.24, 2.45) is 0 Å². The van der Waals surface area contributed by atoms with E-state index in [1.165, 1.54) is 0 Å². The maximum atomic E-state index is 11.8. The maximum absolute atomic E-state index is 11.8. The molecule has 0 radical (unpaired) electrons. The highest BCUT2D eigenvalue weighted by Crippen LogP contribution is 2.32. The van der Waals surface area contributed by atoms with E-state index in [0.717, 1.165) is 18.6 Å². The Hall–Kier alpha value is -1.91. The van der Waals surface area contributed by atoms with Gasteiger partial charge in [0, 0.05) is 17.8 Å². The van der Waals surface area contributed by atoms with Crippen molar-refractivity contribution in [2.45, 2.75) is 32.7 Å². The van der Waals surface area contributed by atoms with Gasteiger partial charge in [0.15, 0.2) is 11.5 Å². The van der Waals surface area contributed by atoms with Crippen molar-refractivity contribution in [2.75, 3.05) is 18.5 Å². The topological polar surface area (TPSA) is 59.6 Å². The number of benzene rings is 1. The van der Waals surface area contributed by atoms with Gasteiger partial charge in [0.2, 0.25) is 0 Å². The largest absolute Gasteiger partial charge is 0.486 e. The Labute approximate surface area is 113 Å². The number of carbonyl (C=O) groups excluding carboxylic acids is 1. The van der Waals surface area contributed by atoms with Crippen LogP contribution in [0.4, 0.5) is 10.5 Å². The highest BCUT2D eigenvalue weighted by atomic mass is 16.6. The molecule has 0 saturated carbocycles. The van der Waals surface area contributed by atoms with Crippen molar-refractivity contribution in [1.29, 1.82) is 0 Å². The monoisotopic (exact) mass is 264 g/mol. The van der Waals surface area contributed by atoms with E-state index in [2.05, 4.69) is 24.5 Å². The first-order valence-corrected chi connectivity index (χ1v) is 6.70. The predicted octanol–water partition coefficient (Wildman–Crippen LogP) is 2.77. The summed E-state index contributed by atoms with van der Waals surface area (Å²) >= 11 is 0. The Morgan fingerprint density at radius 2 is 1.89 bits per heavy atom. The van der Waals surface area contributed by atoms with Gasteiger partial charge in [0.05, 0.1) is 0 Å². The summed E-state index contributed by atoms with van der Waals surface area (Å²) in [6, 6.07) is 5.41. The quantitative estimate of drug-likeness (QED) is 0.879. The van der Waals surface area contributed by atoms with Gasteiger partial charge < -0.3 is 20.1 Å². The minimum Gasteiger partial charge on any atom is -0.486 e. The van der Waals surface area contributed by atoms with Crippen molar-refractivity contribution in [1.82, 2.24) is 5.32 Å². The van der Waals surface area contributed by atoms with Crippen LogP contribution in [-0.4, -0.2) is 25.3 Å². The first kappa shape index (κ1) is 13.5. The van der Waals surface area contributed by atoms with Crippen LogP contribution < -0.4 is 20.1 Å². The van der Waals surface area contributed by atoms with Gasteiger partial charge in [-0.3, -0.25) is 0 Å². The van der Waals surface area contributed by atoms with Crippen LogP contribution in [0.3, 0.4) is 0 Å². The lowest BCUT2D eigenvalue weighted by atomic mass is 10.2. The summed E-state index contributed by atoms with van der Waals surface area (Å²) in [5, 5.41) is 5.73. The van der Waals surface area contributed by atoms with Crippen LogP contribution in [0.1, 0.15) is 26.7 Å². The number of fused-ring (bicyclic) bond motifs is 1. The molecule has 2 rings (SSSR count). The average Bonchev–Trinajstić information content (AvgIpc) is 2.44. The van der Waals surface area contributed by atoms with Gasteiger partial charge >= 0.3 is 6.03 Å². The van der Waals surface area contributed by atoms with Crippen molar-refractivity contribution >= 4 is 11.7 Å². The fourth-order valence-electron chi connectivity index (χ4n) is 1.97. The van der Waals surface area contributed by atoms with E-state index >= 15 is 0 Å². The Morgan fingerprint density at radius 3 is 2.58 bits per heavy atom. The number of hydrogen-bond donors (Lipinski definition) is 2. The number of carbonyl (C=O) groups is 1. The Kier molecular flexibility index (Phi) is 4.49. The molecule has 0 fully saturated rings. The van der Waals surface area contributed by atoms with Crippen molar-refractivity contribution in [3.8, 4) is 11.5 Å². The predicted molar refractivity (Wildman–Crippen MR) is 74.0 cm³/mol. The molecule has 0 spiro atoms. The van der Waals surface area contributed by atoms with E-state index in [4.69, 9.17) is 9.47 Å². The smallest absolute Gasteiger partial charge is 0.319 e. The van der Waals surface area contributed by atoms with Gasteiger partial charge in [-0.25, -0.2) is 4.79 Å². The molecule has 1 aliphatic heterocycles. The fourth-order valence-corrected chi connectivity index (χ4v) is 1.97. The molecule has 0 unspecified atom stereocenters. The summed E-state index contributed by atoms with van der Waals surface area (Å²) in [5.74, 6) is 1.39. The molecule has 104 valence electrons. The van der Waals surface area contributed by atoms with Crippen LogP contribution in [0.15, 0.2) is 18.2 Å². The molecule has 1 aromatic rings. The van der Waals surface area contributed by atoms with Crippen LogP contribution in [0.5, 0.6) is 11.5 Å². The second kappa shape index (κ2) is 6.31. The lowest BCUT2D eigenvalue weighted by Crippen LogP contribution is -2.37. The number of nitrogens with one attached hydrogen (secondary N) is 2. The zero-order valence-corrected chi connectivity index (χ0v) is 11.4. The molecule has 1 heterocycles. The molecule has 0 atom stereocenters. The van der Waals surface area contributed by atoms with Crippen molar-refractivity contribution in [3.05, 3.63) is 18.2 Å². The number of anilines is 1. The molecule has 5 heteroatoms. The van der Waals surface area contributed by atoms with Crippen LogP contribution in [0.2, 0.25) is 0 Å². The van der Waals surface area contributed by atoms with E-state index in [9.17, 15) is 4.79 Å². The Morgan fingerprint density at radius 1 is 1.21 bits per heavy atom. The third kappa shape index (κ3) is 3.53. The summed E-state index contributed by atoms with van der Waals surface area (Å²) in [7, 11) is 0. The SMILES string of the molecule is CCC(CC)NC(=O)Nc1ccc2c(c1)OCCO2. The molecule has 0 aromatic heterocycles. The molecule has 1 aliphatic rings. The molecule has 2 N–H and O–H groups in total. The highest BCUT2D eigenvalue weighted by molar-refractivity contribution is 5.89. The van der Waals surface area contributed by atoms with E-state index in [0.29, 0.717) is 24.7 Å². The zero-order valence-electron chi connectivity index (χ0n) is 11.4. The molecular formula is C14H20N2O3. The highest BCUT2D eigenvalue weighted by Gasteiger charge is 2.13. The molecular weight excluding hydrogens is 244 g/mol. The van der Waals surface area contributed by atoms with E-state index < -0.39 is 0 Å². The third-order valence-corrected chi connectivity index (χ3v) is 3.12. The molecule has 0 aliphatic carbocycles. The molecule has 19 heavy (non-hydrogen) atoms. The number of ether oxygens (including phenoxy) is 2. The van der Waals surface area contributed by atoms with Gasteiger partial charge in [-0.15, -0.1) is 0 Å². The fraction of sp³-hybridized carbons (Fsp3) is 0.500. The second-order valence-corrected chi connectivity index (χ2v) is 4.47. The van der Waals surface area contributed by atoms with Crippen LogP contribution in [0, 0.1) is 0 Å². The van der Waals surface area contributed by atoms with Crippen molar-refractivity contribution in [3.63, 3.8) is 0 Å². The molecule has 5 nitrogen and oxygen atoms in total. The number of urea groups is 1. The van der Waals surface area contributed by atoms with E-state index in [1.807, 2.05) is 0 Å². The van der Waals surface area contributed by atoms with E-state index in [-0.39, 0.29) is 12.1 Å². The number of hydrogen-bond acceptors (Lipinski definition) is 3. The van der Waals surface area contributed by atoms with Gasteiger partial charge in [-0.05, 0) is 25.0 Å². The molecule has 0 bridgehead atoms. The molecule has 0 saturated heterocycles. The minimum atomic E-state index is -0.189. The average molecular weight is 264 g/mol. The number of rotatable bonds is 4. The van der Waals surface area contributed by atoms with Crippen molar-refractivity contribution < 1.29 is 14.3 Å². The van der Waals surface area contributed by atoms with Crippen LogP contribution >= 0.6 is 0 Å². The summed E-state index contributed by atoms with van der Waals surface area (Å²) in [5.41, 5.74) is 0.702. The Balaban J connectivity index is 1.97. The standard InChI is InChI=1S/C14H20N2O3/c1-3-10(4-2)15-14(17)16-11-5-6-12-13(9-11)19-8-7-18-12/h5-6,9-10H,3-4,7-8H2,1-2H3,(H2,15,16,17). The summed E-state index contributed by atoms with van der Waals surface area (Å²) in [6.07, 6.45) is 1.84. The lowest BCUT2D eigenvalue weighted by molar-refractivity contribution is 0.171. The summed E-state index contributed by atoms with van der Waals surface area (Å²) in [6.45, 7) is 5.21. The first-order chi connectivity index (χ1) is 9.22. The Bertz CT molecular complexity index is 444. The van der Waals surface area contributed by atoms with E-state index in [1.54, 1.807) is 18.2 Å². The van der Waals surface area contributed by atoms with Gasteiger partial charge in [-0.2, -0.15) is 0 Å². The first-order valence-electron chi connectivity index (χ1n) is 6.70. The minimum absolute atomic E-state index is 0.189. The summed E-state index contributed by atoms with van der Waals surface area (Å²) < 4.78 is 10.9. The molecule has 1 aromatic carbocycles. The lowest BCUT2D eigenvalue weighted by Gasteiger charge is -2.19. The number of amides is 2. The molecule has 2 amide bonds. The van der Waals surface area contributed by atoms with Gasteiger partial charge in [0.1, 0.15) is 13.2 Å². The van der Waals surface area contributed by atoms with Crippen LogP contribution in [-0.2, 0) is 0 Å². The van der Waals surface area contributed by atoms with Gasteiger partial charge in [0.25, 0.3) is 0 Å². The normalized spacial score (nSPS) is 13.2. The van der Waals surface area contributed by atoms with Gasteiger partial charge in [-0.1, -0.05) is 13.8 Å². The summed E-state index contributed by atoms with van der Waals surface area (Å²) in [4.78, 5) is 11.8. The van der Waals surface area contributed by atoms with Crippen LogP contribution in [0.25, 0.3) is 0 Å². The second-order valence-electron chi connectivity index (χ2n) is 4.47. The maximum Gasteiger partial charge on any atom is 0.319 e. The third-order valence-electron chi connectivity index (χ3n) is 3.12. The zero-order chi connectivity index (χ0) is 13.7.